The highest BCUT2D eigenvalue weighted by atomic mass is 79.9. The standard InChI is InChI=1S/C11H14BrNO/c1-8-2-3-9(11(12)4-8)5-13-10-6-14-7-10/h2-4,10,13H,5-7H2,1H3. The molecule has 1 aromatic rings. The Hall–Kier alpha value is -0.380. The molecule has 1 saturated heterocycles. The lowest BCUT2D eigenvalue weighted by Gasteiger charge is -2.27. The molecule has 14 heavy (non-hydrogen) atoms. The molecular weight excluding hydrogens is 242 g/mol. The van der Waals surface area contributed by atoms with Crippen LogP contribution >= 0.6 is 15.9 Å². The average Bonchev–Trinajstić information content (AvgIpc) is 2.05. The van der Waals surface area contributed by atoms with Crippen LogP contribution in [0.3, 0.4) is 0 Å². The molecule has 1 aliphatic rings. The highest BCUT2D eigenvalue weighted by Gasteiger charge is 2.17. The van der Waals surface area contributed by atoms with Crippen LogP contribution < -0.4 is 5.32 Å². The first-order valence-corrected chi connectivity index (χ1v) is 5.61. The largest absolute Gasteiger partial charge is 0.378 e. The molecule has 0 aliphatic carbocycles. The van der Waals surface area contributed by atoms with Crippen LogP contribution in [-0.2, 0) is 11.3 Å². The molecule has 1 aliphatic heterocycles. The van der Waals surface area contributed by atoms with Crippen molar-refractivity contribution in [1.29, 1.82) is 0 Å². The molecule has 3 heteroatoms. The van der Waals surface area contributed by atoms with Gasteiger partial charge >= 0.3 is 0 Å². The molecular formula is C11H14BrNO. The van der Waals surface area contributed by atoms with E-state index >= 15 is 0 Å². The fraction of sp³-hybridized carbons (Fsp3) is 0.455. The van der Waals surface area contributed by atoms with Crippen molar-refractivity contribution in [1.82, 2.24) is 5.32 Å². The Morgan fingerprint density at radius 1 is 1.50 bits per heavy atom. The molecule has 1 fully saturated rings. The van der Waals surface area contributed by atoms with Crippen LogP contribution in [-0.4, -0.2) is 19.3 Å². The Bertz CT molecular complexity index is 323. The Balaban J connectivity index is 1.94. The maximum absolute atomic E-state index is 5.10. The Kier molecular flexibility index (Phi) is 3.21. The summed E-state index contributed by atoms with van der Waals surface area (Å²) in [7, 11) is 0. The van der Waals surface area contributed by atoms with Crippen LogP contribution in [0.15, 0.2) is 22.7 Å². The minimum atomic E-state index is 0.545. The van der Waals surface area contributed by atoms with Gasteiger partial charge in [-0.3, -0.25) is 0 Å². The lowest BCUT2D eigenvalue weighted by atomic mass is 10.1. The van der Waals surface area contributed by atoms with E-state index in [0.717, 1.165) is 19.8 Å². The summed E-state index contributed by atoms with van der Waals surface area (Å²) in [6, 6.07) is 6.99. The third-order valence-corrected chi connectivity index (χ3v) is 3.17. The third kappa shape index (κ3) is 2.35. The smallest absolute Gasteiger partial charge is 0.0643 e. The van der Waals surface area contributed by atoms with Crippen LogP contribution in [0.2, 0.25) is 0 Å². The second kappa shape index (κ2) is 4.43. The van der Waals surface area contributed by atoms with Gasteiger partial charge in [0, 0.05) is 11.0 Å². The van der Waals surface area contributed by atoms with Crippen LogP contribution in [0.1, 0.15) is 11.1 Å². The first-order valence-electron chi connectivity index (χ1n) is 4.82. The number of nitrogens with one attached hydrogen (secondary N) is 1. The van der Waals surface area contributed by atoms with Gasteiger partial charge in [-0.25, -0.2) is 0 Å². The average molecular weight is 256 g/mol. The Morgan fingerprint density at radius 3 is 2.86 bits per heavy atom. The molecule has 0 aromatic heterocycles. The summed E-state index contributed by atoms with van der Waals surface area (Å²) in [6.45, 7) is 4.71. The van der Waals surface area contributed by atoms with Gasteiger partial charge in [-0.15, -0.1) is 0 Å². The van der Waals surface area contributed by atoms with Crippen molar-refractivity contribution in [2.24, 2.45) is 0 Å². The number of rotatable bonds is 3. The molecule has 0 unspecified atom stereocenters. The quantitative estimate of drug-likeness (QED) is 0.895. The van der Waals surface area contributed by atoms with Crippen LogP contribution in [0.25, 0.3) is 0 Å². The maximum Gasteiger partial charge on any atom is 0.0643 e. The first-order chi connectivity index (χ1) is 6.75. The number of hydrogen-bond donors (Lipinski definition) is 1. The van der Waals surface area contributed by atoms with E-state index in [0.29, 0.717) is 6.04 Å². The fourth-order valence-electron chi connectivity index (χ4n) is 1.40. The molecule has 0 saturated carbocycles. The van der Waals surface area contributed by atoms with Crippen molar-refractivity contribution in [3.8, 4) is 0 Å². The normalized spacial score (nSPS) is 16.7. The van der Waals surface area contributed by atoms with Gasteiger partial charge in [-0.1, -0.05) is 28.1 Å². The minimum Gasteiger partial charge on any atom is -0.378 e. The van der Waals surface area contributed by atoms with Gasteiger partial charge < -0.3 is 10.1 Å². The number of benzene rings is 1. The predicted octanol–water partition coefficient (Wildman–Crippen LogP) is 2.25. The van der Waals surface area contributed by atoms with Gasteiger partial charge in [0.15, 0.2) is 0 Å². The van der Waals surface area contributed by atoms with Crippen molar-refractivity contribution >= 4 is 15.9 Å². The number of hydrogen-bond acceptors (Lipinski definition) is 2. The molecule has 1 N–H and O–H groups in total. The molecule has 2 nitrogen and oxygen atoms in total. The van der Waals surface area contributed by atoms with E-state index in [-0.39, 0.29) is 0 Å². The zero-order valence-corrected chi connectivity index (χ0v) is 9.80. The fourth-order valence-corrected chi connectivity index (χ4v) is 2.04. The van der Waals surface area contributed by atoms with Crippen LogP contribution in [0.5, 0.6) is 0 Å². The summed E-state index contributed by atoms with van der Waals surface area (Å²) >= 11 is 3.57. The summed E-state index contributed by atoms with van der Waals surface area (Å²) in [5.41, 5.74) is 2.59. The molecule has 1 heterocycles. The van der Waals surface area contributed by atoms with Gasteiger partial charge in [0.05, 0.1) is 19.3 Å². The van der Waals surface area contributed by atoms with E-state index in [2.05, 4.69) is 46.4 Å². The van der Waals surface area contributed by atoms with Crippen LogP contribution in [0.4, 0.5) is 0 Å². The summed E-state index contributed by atoms with van der Waals surface area (Å²) in [5, 5.41) is 3.44. The topological polar surface area (TPSA) is 21.3 Å². The number of ether oxygens (including phenoxy) is 1. The van der Waals surface area contributed by atoms with Crippen LogP contribution in [0, 0.1) is 6.92 Å². The van der Waals surface area contributed by atoms with E-state index in [1.165, 1.54) is 15.6 Å². The molecule has 0 spiro atoms. The van der Waals surface area contributed by atoms with Crippen molar-refractivity contribution < 1.29 is 4.74 Å². The second-order valence-electron chi connectivity index (χ2n) is 3.71. The van der Waals surface area contributed by atoms with E-state index in [9.17, 15) is 0 Å². The molecule has 76 valence electrons. The van der Waals surface area contributed by atoms with E-state index in [4.69, 9.17) is 4.74 Å². The number of aryl methyl sites for hydroxylation is 1. The number of halogens is 1. The van der Waals surface area contributed by atoms with Crippen molar-refractivity contribution in [2.75, 3.05) is 13.2 Å². The summed E-state index contributed by atoms with van der Waals surface area (Å²) in [5.74, 6) is 0. The van der Waals surface area contributed by atoms with E-state index < -0.39 is 0 Å². The predicted molar refractivity (Wildman–Crippen MR) is 60.3 cm³/mol. The summed E-state index contributed by atoms with van der Waals surface area (Å²) < 4.78 is 6.28. The molecule has 0 amide bonds. The molecule has 0 radical (unpaired) electrons. The first kappa shape index (κ1) is 10.1. The van der Waals surface area contributed by atoms with Gasteiger partial charge in [0.2, 0.25) is 0 Å². The molecule has 2 rings (SSSR count). The molecule has 0 atom stereocenters. The minimum absolute atomic E-state index is 0.545. The monoisotopic (exact) mass is 255 g/mol. The third-order valence-electron chi connectivity index (χ3n) is 2.43. The highest BCUT2D eigenvalue weighted by molar-refractivity contribution is 9.10. The maximum atomic E-state index is 5.10. The van der Waals surface area contributed by atoms with Gasteiger partial charge in [0.1, 0.15) is 0 Å². The lowest BCUT2D eigenvalue weighted by molar-refractivity contribution is -0.00580. The summed E-state index contributed by atoms with van der Waals surface area (Å²) in [4.78, 5) is 0. The SMILES string of the molecule is Cc1ccc(CNC2COC2)c(Br)c1. The zero-order valence-electron chi connectivity index (χ0n) is 8.22. The highest BCUT2D eigenvalue weighted by Crippen LogP contribution is 2.18. The Morgan fingerprint density at radius 2 is 2.29 bits per heavy atom. The molecule has 0 bridgehead atoms. The molecule has 1 aromatic carbocycles. The second-order valence-corrected chi connectivity index (χ2v) is 4.56. The zero-order chi connectivity index (χ0) is 9.97. The van der Waals surface area contributed by atoms with E-state index in [1.807, 2.05) is 0 Å². The van der Waals surface area contributed by atoms with Crippen molar-refractivity contribution in [2.45, 2.75) is 19.5 Å². The van der Waals surface area contributed by atoms with Gasteiger partial charge in [0.25, 0.3) is 0 Å². The van der Waals surface area contributed by atoms with Crippen molar-refractivity contribution in [3.05, 3.63) is 33.8 Å². The summed E-state index contributed by atoms with van der Waals surface area (Å²) in [6.07, 6.45) is 0. The lowest BCUT2D eigenvalue weighted by Crippen LogP contribution is -2.45. The van der Waals surface area contributed by atoms with Gasteiger partial charge in [-0.2, -0.15) is 0 Å². The Labute approximate surface area is 92.8 Å². The van der Waals surface area contributed by atoms with E-state index in [1.54, 1.807) is 0 Å². The van der Waals surface area contributed by atoms with Gasteiger partial charge in [-0.05, 0) is 24.1 Å². The van der Waals surface area contributed by atoms with Crippen molar-refractivity contribution in [3.63, 3.8) is 0 Å².